The van der Waals surface area contributed by atoms with E-state index in [1.807, 2.05) is 0 Å². The van der Waals surface area contributed by atoms with Crippen molar-refractivity contribution in [2.24, 2.45) is 0 Å². The second-order valence-electron chi connectivity index (χ2n) is 5.48. The Hall–Kier alpha value is -1.32. The molecule has 0 spiro atoms. The van der Waals surface area contributed by atoms with Crippen LogP contribution in [-0.4, -0.2) is 47.6 Å². The third kappa shape index (κ3) is 3.06. The molecule has 0 saturated carbocycles. The van der Waals surface area contributed by atoms with Crippen LogP contribution in [0.4, 0.5) is 0 Å². The Morgan fingerprint density at radius 2 is 1.82 bits per heavy atom. The molecule has 0 aliphatic carbocycles. The molecule has 1 aromatic rings. The van der Waals surface area contributed by atoms with Gasteiger partial charge in [0.1, 0.15) is 13.2 Å². The Morgan fingerprint density at radius 1 is 1.18 bits per heavy atom. The summed E-state index contributed by atoms with van der Waals surface area (Å²) in [6.45, 7) is 2.46. The van der Waals surface area contributed by atoms with Crippen LogP contribution >= 0.6 is 0 Å². The van der Waals surface area contributed by atoms with Crippen LogP contribution in [0.25, 0.3) is 0 Å². The number of sulfone groups is 1. The molecule has 2 heterocycles. The summed E-state index contributed by atoms with van der Waals surface area (Å²) >= 11 is 0. The summed E-state index contributed by atoms with van der Waals surface area (Å²) in [4.78, 5) is 0.0843. The average Bonchev–Trinajstić information content (AvgIpc) is 2.76. The van der Waals surface area contributed by atoms with E-state index in [2.05, 4.69) is 4.72 Å². The van der Waals surface area contributed by atoms with Gasteiger partial charge in [0.05, 0.1) is 16.4 Å². The lowest BCUT2D eigenvalue weighted by molar-refractivity contribution is 0.171. The third-order valence-corrected chi connectivity index (χ3v) is 7.11. The van der Waals surface area contributed by atoms with Crippen LogP contribution in [0.3, 0.4) is 0 Å². The molecule has 0 amide bonds. The van der Waals surface area contributed by atoms with Crippen molar-refractivity contribution in [3.05, 3.63) is 17.7 Å². The fraction of sp³-hybridized carbons (Fsp3) is 0.538. The van der Waals surface area contributed by atoms with Crippen LogP contribution in [0.5, 0.6) is 11.5 Å². The fourth-order valence-electron chi connectivity index (χ4n) is 2.63. The van der Waals surface area contributed by atoms with E-state index in [4.69, 9.17) is 9.47 Å². The van der Waals surface area contributed by atoms with Crippen molar-refractivity contribution in [1.82, 2.24) is 4.72 Å². The molecule has 3 rings (SSSR count). The Bertz CT molecular complexity index is 800. The quantitative estimate of drug-likeness (QED) is 0.840. The lowest BCUT2D eigenvalue weighted by Gasteiger charge is -2.21. The molecule has 0 bridgehead atoms. The molecule has 1 fully saturated rings. The van der Waals surface area contributed by atoms with Crippen LogP contribution in [0.1, 0.15) is 12.0 Å². The van der Waals surface area contributed by atoms with Crippen molar-refractivity contribution >= 4 is 19.9 Å². The van der Waals surface area contributed by atoms with Gasteiger partial charge in [-0.15, -0.1) is 0 Å². The van der Waals surface area contributed by atoms with E-state index in [1.54, 1.807) is 13.0 Å². The minimum absolute atomic E-state index is 0.0142. The first-order chi connectivity index (χ1) is 10.3. The van der Waals surface area contributed by atoms with Crippen molar-refractivity contribution in [3.8, 4) is 11.5 Å². The molecule has 2 aliphatic heterocycles. The average molecular weight is 347 g/mol. The van der Waals surface area contributed by atoms with E-state index >= 15 is 0 Å². The highest BCUT2D eigenvalue weighted by atomic mass is 32.2. The molecule has 2 aliphatic rings. The first-order valence-electron chi connectivity index (χ1n) is 6.90. The number of rotatable bonds is 3. The minimum Gasteiger partial charge on any atom is -0.486 e. The van der Waals surface area contributed by atoms with Crippen LogP contribution in [0, 0.1) is 6.92 Å². The number of hydrogen-bond donors (Lipinski definition) is 1. The molecule has 7 nitrogen and oxygen atoms in total. The molecule has 1 aromatic carbocycles. The summed E-state index contributed by atoms with van der Waals surface area (Å²) in [6, 6.07) is 2.46. The highest BCUT2D eigenvalue weighted by Gasteiger charge is 2.32. The van der Waals surface area contributed by atoms with Gasteiger partial charge in [0.25, 0.3) is 0 Å². The smallest absolute Gasteiger partial charge is 0.241 e. The van der Waals surface area contributed by atoms with E-state index in [0.29, 0.717) is 36.7 Å². The Labute approximate surface area is 129 Å². The van der Waals surface area contributed by atoms with Crippen LogP contribution in [0.2, 0.25) is 0 Å². The zero-order chi connectivity index (χ0) is 16.0. The first kappa shape index (κ1) is 15.6. The van der Waals surface area contributed by atoms with Crippen LogP contribution < -0.4 is 14.2 Å². The second-order valence-corrected chi connectivity index (χ2v) is 9.39. The van der Waals surface area contributed by atoms with E-state index in [-0.39, 0.29) is 16.4 Å². The number of benzene rings is 1. The molecular formula is C13H17NO6S2. The van der Waals surface area contributed by atoms with Crippen molar-refractivity contribution in [2.45, 2.75) is 24.3 Å². The Balaban J connectivity index is 1.89. The van der Waals surface area contributed by atoms with E-state index in [9.17, 15) is 16.8 Å². The van der Waals surface area contributed by atoms with Crippen molar-refractivity contribution in [2.75, 3.05) is 24.7 Å². The standard InChI is InChI=1S/C13H17NO6S2/c1-9-6-11-12(20-4-3-19-11)7-13(9)22(17,18)14-10-2-5-21(15,16)8-10/h6-7,10,14H,2-5,8H2,1H3. The minimum atomic E-state index is -3.81. The van der Waals surface area contributed by atoms with Gasteiger partial charge in [-0.05, 0) is 25.0 Å². The van der Waals surface area contributed by atoms with Crippen LogP contribution in [-0.2, 0) is 19.9 Å². The van der Waals surface area contributed by atoms with Gasteiger partial charge in [0.2, 0.25) is 10.0 Å². The SMILES string of the molecule is Cc1cc2c(cc1S(=O)(=O)NC1CCS(=O)(=O)C1)OCCO2. The molecule has 1 unspecified atom stereocenters. The van der Waals surface area contributed by atoms with Gasteiger partial charge < -0.3 is 9.47 Å². The molecule has 9 heteroatoms. The number of nitrogens with one attached hydrogen (secondary N) is 1. The van der Waals surface area contributed by atoms with Gasteiger partial charge >= 0.3 is 0 Å². The molecule has 0 aromatic heterocycles. The third-order valence-electron chi connectivity index (χ3n) is 3.68. The van der Waals surface area contributed by atoms with Crippen molar-refractivity contribution < 1.29 is 26.3 Å². The zero-order valence-electron chi connectivity index (χ0n) is 12.0. The largest absolute Gasteiger partial charge is 0.486 e. The predicted octanol–water partition coefficient (Wildman–Crippen LogP) is 0.232. The number of aryl methyl sites for hydroxylation is 1. The lowest BCUT2D eigenvalue weighted by Crippen LogP contribution is -2.36. The number of hydrogen-bond acceptors (Lipinski definition) is 6. The molecule has 0 radical (unpaired) electrons. The maximum Gasteiger partial charge on any atom is 0.241 e. The van der Waals surface area contributed by atoms with E-state index in [0.717, 1.165) is 0 Å². The Morgan fingerprint density at radius 3 is 2.41 bits per heavy atom. The maximum atomic E-state index is 12.5. The zero-order valence-corrected chi connectivity index (χ0v) is 13.7. The number of ether oxygens (including phenoxy) is 2. The molecule has 22 heavy (non-hydrogen) atoms. The van der Waals surface area contributed by atoms with E-state index < -0.39 is 25.9 Å². The van der Waals surface area contributed by atoms with Gasteiger partial charge in [-0.1, -0.05) is 0 Å². The highest BCUT2D eigenvalue weighted by molar-refractivity contribution is 7.92. The van der Waals surface area contributed by atoms with Gasteiger partial charge in [-0.25, -0.2) is 21.6 Å². The fourth-order valence-corrected chi connectivity index (χ4v) is 5.92. The summed E-state index contributed by atoms with van der Waals surface area (Å²) in [5, 5.41) is 0. The monoisotopic (exact) mass is 347 g/mol. The van der Waals surface area contributed by atoms with Gasteiger partial charge in [-0.3, -0.25) is 0 Å². The molecule has 1 N–H and O–H groups in total. The van der Waals surface area contributed by atoms with Crippen LogP contribution in [0.15, 0.2) is 17.0 Å². The second kappa shape index (κ2) is 5.39. The number of fused-ring (bicyclic) bond motifs is 1. The summed E-state index contributed by atoms with van der Waals surface area (Å²) in [7, 11) is -6.95. The Kier molecular flexibility index (Phi) is 3.82. The van der Waals surface area contributed by atoms with Gasteiger partial charge in [0, 0.05) is 12.1 Å². The first-order valence-corrected chi connectivity index (χ1v) is 10.2. The summed E-state index contributed by atoms with van der Waals surface area (Å²) in [5.74, 6) is 0.762. The molecule has 122 valence electrons. The van der Waals surface area contributed by atoms with E-state index in [1.165, 1.54) is 6.07 Å². The summed E-state index contributed by atoms with van der Waals surface area (Å²) in [6.07, 6.45) is 0.297. The maximum absolute atomic E-state index is 12.5. The van der Waals surface area contributed by atoms with Crippen molar-refractivity contribution in [3.63, 3.8) is 0 Å². The van der Waals surface area contributed by atoms with Crippen molar-refractivity contribution in [1.29, 1.82) is 0 Å². The lowest BCUT2D eigenvalue weighted by atomic mass is 10.2. The topological polar surface area (TPSA) is 98.8 Å². The summed E-state index contributed by atoms with van der Waals surface area (Å²) < 4.78 is 61.2. The summed E-state index contributed by atoms with van der Waals surface area (Å²) in [5.41, 5.74) is 0.526. The molecule has 1 atom stereocenters. The molecule has 1 saturated heterocycles. The van der Waals surface area contributed by atoms with Gasteiger partial charge in [0.15, 0.2) is 21.3 Å². The molecular weight excluding hydrogens is 330 g/mol. The highest BCUT2D eigenvalue weighted by Crippen LogP contribution is 2.34. The predicted molar refractivity (Wildman–Crippen MR) is 79.5 cm³/mol. The number of sulfonamides is 1. The normalized spacial score (nSPS) is 23.4. The van der Waals surface area contributed by atoms with Gasteiger partial charge in [-0.2, -0.15) is 0 Å².